The molecule has 0 atom stereocenters. The van der Waals surface area contributed by atoms with Crippen LogP contribution >= 0.6 is 11.6 Å². The number of hydrogen-bond donors (Lipinski definition) is 1. The molecule has 3 heterocycles. The van der Waals surface area contributed by atoms with E-state index in [0.29, 0.717) is 27.7 Å². The second-order valence-electron chi connectivity index (χ2n) is 6.90. The fourth-order valence-corrected chi connectivity index (χ4v) is 3.34. The Balaban J connectivity index is 1.45. The molecule has 1 amide bonds. The molecule has 5 aromatic rings. The quantitative estimate of drug-likeness (QED) is 0.442. The van der Waals surface area contributed by atoms with Crippen LogP contribution in [-0.4, -0.2) is 30.2 Å². The van der Waals surface area contributed by atoms with E-state index in [1.807, 2.05) is 30.3 Å². The third-order valence-electron chi connectivity index (χ3n) is 4.72. The van der Waals surface area contributed by atoms with E-state index < -0.39 is 11.6 Å². The van der Waals surface area contributed by atoms with E-state index in [2.05, 4.69) is 20.6 Å². The maximum absolute atomic E-state index is 12.8. The highest BCUT2D eigenvalue weighted by Crippen LogP contribution is 2.24. The van der Waals surface area contributed by atoms with Gasteiger partial charge in [-0.2, -0.15) is 4.98 Å². The van der Waals surface area contributed by atoms with E-state index in [4.69, 9.17) is 16.1 Å². The number of carbonyl (C=O) groups excluding carboxylic acids is 1. The molecule has 32 heavy (non-hydrogen) atoms. The van der Waals surface area contributed by atoms with Crippen LogP contribution in [0.15, 0.2) is 82.2 Å². The Morgan fingerprint density at radius 3 is 2.59 bits per heavy atom. The van der Waals surface area contributed by atoms with Gasteiger partial charge in [-0.25, -0.2) is 13.9 Å². The first-order valence-electron chi connectivity index (χ1n) is 9.61. The number of pyridine rings is 1. The highest BCUT2D eigenvalue weighted by atomic mass is 35.5. The first-order valence-corrected chi connectivity index (χ1v) is 9.99. The maximum atomic E-state index is 12.8. The SMILES string of the molecule is O=C(Cn1nc2c(-c3nc(-c4ccccc4)no3)cccn2c1=O)Nc1ccc(Cl)cc1. The first-order chi connectivity index (χ1) is 15.6. The third-order valence-corrected chi connectivity index (χ3v) is 4.97. The van der Waals surface area contributed by atoms with Crippen LogP contribution in [0, 0.1) is 0 Å². The maximum Gasteiger partial charge on any atom is 0.350 e. The number of halogens is 1. The Hall–Kier alpha value is -4.24. The van der Waals surface area contributed by atoms with E-state index in [-0.39, 0.29) is 12.4 Å². The van der Waals surface area contributed by atoms with Gasteiger partial charge in [0.15, 0.2) is 5.65 Å². The van der Waals surface area contributed by atoms with Crippen LogP contribution in [0.5, 0.6) is 0 Å². The van der Waals surface area contributed by atoms with Gasteiger partial charge in [0, 0.05) is 22.5 Å². The highest BCUT2D eigenvalue weighted by molar-refractivity contribution is 6.30. The lowest BCUT2D eigenvalue weighted by Crippen LogP contribution is -2.28. The minimum Gasteiger partial charge on any atom is -0.333 e. The molecular weight excluding hydrogens is 432 g/mol. The Morgan fingerprint density at radius 2 is 1.81 bits per heavy atom. The van der Waals surface area contributed by atoms with Crippen molar-refractivity contribution < 1.29 is 9.32 Å². The zero-order valence-electron chi connectivity index (χ0n) is 16.5. The van der Waals surface area contributed by atoms with E-state index >= 15 is 0 Å². The summed E-state index contributed by atoms with van der Waals surface area (Å²) in [4.78, 5) is 29.6. The van der Waals surface area contributed by atoms with Gasteiger partial charge < -0.3 is 9.84 Å². The molecule has 0 spiro atoms. The zero-order valence-corrected chi connectivity index (χ0v) is 17.2. The van der Waals surface area contributed by atoms with Crippen molar-refractivity contribution in [3.05, 3.63) is 88.4 Å². The Labute approximate surface area is 185 Å². The number of nitrogens with one attached hydrogen (secondary N) is 1. The number of benzene rings is 2. The summed E-state index contributed by atoms with van der Waals surface area (Å²) in [6, 6.07) is 19.5. The zero-order chi connectivity index (χ0) is 22.1. The molecule has 9 nitrogen and oxygen atoms in total. The first kappa shape index (κ1) is 19.7. The van der Waals surface area contributed by atoms with Crippen molar-refractivity contribution >= 4 is 28.8 Å². The molecule has 0 aliphatic rings. The average molecular weight is 447 g/mol. The number of amides is 1. The number of rotatable bonds is 5. The normalized spacial score (nSPS) is 11.0. The van der Waals surface area contributed by atoms with Crippen molar-refractivity contribution in [2.24, 2.45) is 0 Å². The van der Waals surface area contributed by atoms with Gasteiger partial charge in [0.05, 0.1) is 5.56 Å². The number of anilines is 1. The van der Waals surface area contributed by atoms with Gasteiger partial charge in [0.2, 0.25) is 11.7 Å². The lowest BCUT2D eigenvalue weighted by Gasteiger charge is -2.04. The fraction of sp³-hybridized carbons (Fsp3) is 0.0455. The summed E-state index contributed by atoms with van der Waals surface area (Å²) in [5.41, 5.74) is 1.69. The van der Waals surface area contributed by atoms with Crippen molar-refractivity contribution in [2.75, 3.05) is 5.32 Å². The minimum atomic E-state index is -0.462. The van der Waals surface area contributed by atoms with E-state index in [9.17, 15) is 9.59 Å². The summed E-state index contributed by atoms with van der Waals surface area (Å²) >= 11 is 5.86. The summed E-state index contributed by atoms with van der Waals surface area (Å²) in [5.74, 6) is 0.243. The number of carbonyl (C=O) groups is 1. The molecule has 158 valence electrons. The molecule has 0 aliphatic heterocycles. The van der Waals surface area contributed by atoms with Crippen LogP contribution in [0.3, 0.4) is 0 Å². The molecule has 0 saturated heterocycles. The van der Waals surface area contributed by atoms with Crippen molar-refractivity contribution in [3.63, 3.8) is 0 Å². The Bertz CT molecular complexity index is 1470. The monoisotopic (exact) mass is 446 g/mol. The molecule has 2 aromatic carbocycles. The molecule has 0 fully saturated rings. The molecule has 5 rings (SSSR count). The molecule has 0 radical (unpaired) electrons. The molecule has 0 unspecified atom stereocenters. The van der Waals surface area contributed by atoms with Crippen molar-refractivity contribution in [1.82, 2.24) is 24.3 Å². The third kappa shape index (κ3) is 3.77. The van der Waals surface area contributed by atoms with Crippen molar-refractivity contribution in [1.29, 1.82) is 0 Å². The van der Waals surface area contributed by atoms with Crippen molar-refractivity contribution in [2.45, 2.75) is 6.54 Å². The van der Waals surface area contributed by atoms with Gasteiger partial charge in [-0.3, -0.25) is 4.79 Å². The number of aromatic nitrogens is 5. The van der Waals surface area contributed by atoms with E-state index in [0.717, 1.165) is 10.2 Å². The molecule has 10 heteroatoms. The van der Waals surface area contributed by atoms with Crippen LogP contribution in [-0.2, 0) is 11.3 Å². The number of fused-ring (bicyclic) bond motifs is 1. The van der Waals surface area contributed by atoms with Crippen LogP contribution in [0.25, 0.3) is 28.5 Å². The van der Waals surface area contributed by atoms with Gasteiger partial charge in [-0.1, -0.05) is 47.1 Å². The number of nitrogens with zero attached hydrogens (tertiary/aromatic N) is 5. The molecular formula is C22H15ClN6O3. The summed E-state index contributed by atoms with van der Waals surface area (Å²) in [6.45, 7) is -0.262. The van der Waals surface area contributed by atoms with Crippen LogP contribution in [0.1, 0.15) is 0 Å². The summed E-state index contributed by atoms with van der Waals surface area (Å²) in [7, 11) is 0. The Morgan fingerprint density at radius 1 is 1.03 bits per heavy atom. The second kappa shape index (κ2) is 8.12. The summed E-state index contributed by atoms with van der Waals surface area (Å²) in [6.07, 6.45) is 1.57. The van der Waals surface area contributed by atoms with Crippen LogP contribution in [0.2, 0.25) is 5.02 Å². The lowest BCUT2D eigenvalue weighted by atomic mass is 10.2. The fourth-order valence-electron chi connectivity index (χ4n) is 3.22. The topological polar surface area (TPSA) is 107 Å². The molecule has 0 bridgehead atoms. The predicted molar refractivity (Wildman–Crippen MR) is 118 cm³/mol. The average Bonchev–Trinajstić information content (AvgIpc) is 3.42. The molecule has 0 saturated carbocycles. The molecule has 3 aromatic heterocycles. The van der Waals surface area contributed by atoms with E-state index in [1.165, 1.54) is 4.40 Å². The number of hydrogen-bond acceptors (Lipinski definition) is 6. The minimum absolute atomic E-state index is 0.220. The van der Waals surface area contributed by atoms with Crippen LogP contribution < -0.4 is 11.0 Å². The summed E-state index contributed by atoms with van der Waals surface area (Å²) < 4.78 is 7.83. The van der Waals surface area contributed by atoms with Gasteiger partial charge in [-0.05, 0) is 36.4 Å². The van der Waals surface area contributed by atoms with Crippen LogP contribution in [0.4, 0.5) is 5.69 Å². The summed E-state index contributed by atoms with van der Waals surface area (Å²) in [5, 5.41) is 11.6. The molecule has 1 N–H and O–H groups in total. The lowest BCUT2D eigenvalue weighted by molar-refractivity contribution is -0.117. The predicted octanol–water partition coefficient (Wildman–Crippen LogP) is 3.51. The van der Waals surface area contributed by atoms with Gasteiger partial charge >= 0.3 is 5.69 Å². The standard InChI is InChI=1S/C22H15ClN6O3/c23-15-8-10-16(11-9-15)24-18(30)13-29-22(31)28-12-4-7-17(20(28)26-29)21-25-19(27-32-21)14-5-2-1-3-6-14/h1-12H,13H2,(H,24,30). The molecule has 0 aliphatic carbocycles. The van der Waals surface area contributed by atoms with Gasteiger partial charge in [-0.15, -0.1) is 5.10 Å². The second-order valence-corrected chi connectivity index (χ2v) is 7.34. The Kier molecular flexibility index (Phi) is 5.00. The van der Waals surface area contributed by atoms with Gasteiger partial charge in [0.1, 0.15) is 6.54 Å². The smallest absolute Gasteiger partial charge is 0.333 e. The van der Waals surface area contributed by atoms with E-state index in [1.54, 1.807) is 42.6 Å². The largest absolute Gasteiger partial charge is 0.350 e. The highest BCUT2D eigenvalue weighted by Gasteiger charge is 2.18. The van der Waals surface area contributed by atoms with Gasteiger partial charge in [0.25, 0.3) is 5.89 Å². The van der Waals surface area contributed by atoms with Crippen molar-refractivity contribution in [3.8, 4) is 22.8 Å².